The molecule has 1 aromatic rings. The van der Waals surface area contributed by atoms with E-state index in [1.807, 2.05) is 0 Å². The van der Waals surface area contributed by atoms with Crippen molar-refractivity contribution < 1.29 is 28.7 Å². The van der Waals surface area contributed by atoms with Crippen molar-refractivity contribution in [1.29, 1.82) is 0 Å². The Morgan fingerprint density at radius 3 is 1.62 bits per heavy atom. The summed E-state index contributed by atoms with van der Waals surface area (Å²) in [7, 11) is -9.99. The van der Waals surface area contributed by atoms with Gasteiger partial charge < -0.3 is 19.6 Å². The van der Waals surface area contributed by atoms with Gasteiger partial charge in [-0.15, -0.1) is 0 Å². The zero-order chi connectivity index (χ0) is 12.6. The van der Waals surface area contributed by atoms with E-state index >= 15 is 0 Å². The zero-order valence-electron chi connectivity index (χ0n) is 8.39. The van der Waals surface area contributed by atoms with Gasteiger partial charge in [0.1, 0.15) is 0 Å². The van der Waals surface area contributed by atoms with Crippen LogP contribution in [0.3, 0.4) is 0 Å². The molecule has 0 unspecified atom stereocenters. The van der Waals surface area contributed by atoms with Crippen LogP contribution in [0.5, 0.6) is 0 Å². The molecule has 6 nitrogen and oxygen atoms in total. The van der Waals surface area contributed by atoms with Crippen LogP contribution in [-0.2, 0) is 14.0 Å². The predicted molar refractivity (Wildman–Crippen MR) is 57.9 cm³/mol. The van der Waals surface area contributed by atoms with E-state index in [1.54, 1.807) is 6.07 Å². The Balaban J connectivity index is 3.52. The molecule has 0 radical (unpaired) electrons. The van der Waals surface area contributed by atoms with Gasteiger partial charge in [-0.25, -0.2) is 0 Å². The molecule has 0 aliphatic rings. The highest BCUT2D eigenvalue weighted by atomic mass is 31.2. The van der Waals surface area contributed by atoms with Crippen LogP contribution in [0.2, 0.25) is 0 Å². The van der Waals surface area contributed by atoms with Crippen molar-refractivity contribution >= 4 is 15.2 Å². The fourth-order valence-electron chi connectivity index (χ4n) is 1.26. The molecule has 4 N–H and O–H groups in total. The maximum absolute atomic E-state index is 11.3. The van der Waals surface area contributed by atoms with Crippen molar-refractivity contribution in [2.75, 3.05) is 0 Å². The summed E-state index contributed by atoms with van der Waals surface area (Å²) in [6.07, 6.45) is 0. The summed E-state index contributed by atoms with van der Waals surface area (Å²) in [5.41, 5.74) is -0.0864. The highest BCUT2D eigenvalue weighted by Gasteiger charge is 2.57. The van der Waals surface area contributed by atoms with Gasteiger partial charge >= 0.3 is 15.2 Å². The molecular weight excluding hydrogens is 254 g/mol. The molecule has 0 heterocycles. The van der Waals surface area contributed by atoms with Gasteiger partial charge in [-0.1, -0.05) is 30.3 Å². The van der Waals surface area contributed by atoms with Gasteiger partial charge in [-0.05, 0) is 12.5 Å². The highest BCUT2D eigenvalue weighted by molar-refractivity contribution is 7.71. The Hall–Kier alpha value is -0.480. The molecule has 0 aliphatic carbocycles. The van der Waals surface area contributed by atoms with E-state index in [9.17, 15) is 9.13 Å². The molecule has 0 bridgehead atoms. The largest absolute Gasteiger partial charge is 0.347 e. The molecule has 1 rings (SSSR count). The molecule has 90 valence electrons. The van der Waals surface area contributed by atoms with Crippen molar-refractivity contribution in [2.45, 2.75) is 11.8 Å². The van der Waals surface area contributed by atoms with Crippen LogP contribution in [0.25, 0.3) is 0 Å². The number of rotatable bonds is 3. The van der Waals surface area contributed by atoms with Crippen LogP contribution in [0.4, 0.5) is 0 Å². The standard InChI is InChI=1S/C8H12O6P2/c1-8(15(9,10)11,16(12,13)14)7-5-3-2-4-6-7/h2-6H,1H3,(H2,9,10,11)(H2,12,13,14). The quantitative estimate of drug-likeness (QED) is 0.611. The van der Waals surface area contributed by atoms with Crippen LogP contribution >= 0.6 is 15.2 Å². The van der Waals surface area contributed by atoms with Crippen molar-refractivity contribution in [2.24, 2.45) is 0 Å². The molecular formula is C8H12O6P2. The molecule has 0 amide bonds. The number of benzene rings is 1. The Morgan fingerprint density at radius 2 is 1.31 bits per heavy atom. The fraction of sp³-hybridized carbons (Fsp3) is 0.250. The van der Waals surface area contributed by atoms with Gasteiger partial charge in [0.15, 0.2) is 4.90 Å². The minimum Gasteiger partial charge on any atom is -0.323 e. The maximum atomic E-state index is 11.3. The first kappa shape index (κ1) is 13.6. The highest BCUT2D eigenvalue weighted by Crippen LogP contribution is 2.74. The molecule has 0 aromatic heterocycles. The van der Waals surface area contributed by atoms with E-state index in [1.165, 1.54) is 24.3 Å². The lowest BCUT2D eigenvalue weighted by molar-refractivity contribution is 0.314. The summed E-state index contributed by atoms with van der Waals surface area (Å²) in [5.74, 6) is 0. The van der Waals surface area contributed by atoms with Gasteiger partial charge in [-0.3, -0.25) is 9.13 Å². The van der Waals surface area contributed by atoms with Gasteiger partial charge in [0.05, 0.1) is 0 Å². The molecule has 0 saturated heterocycles. The van der Waals surface area contributed by atoms with Crippen molar-refractivity contribution in [3.63, 3.8) is 0 Å². The third-order valence-electron chi connectivity index (χ3n) is 2.46. The monoisotopic (exact) mass is 266 g/mol. The first-order valence-electron chi connectivity index (χ1n) is 4.27. The molecule has 16 heavy (non-hydrogen) atoms. The Morgan fingerprint density at radius 1 is 0.938 bits per heavy atom. The summed E-state index contributed by atoms with van der Waals surface area (Å²) in [4.78, 5) is 34.1. The van der Waals surface area contributed by atoms with Crippen LogP contribution in [0.15, 0.2) is 30.3 Å². The Labute approximate surface area is 92.3 Å². The SMILES string of the molecule is CC(c1ccccc1)(P(=O)(O)O)P(=O)(O)O. The average Bonchev–Trinajstić information content (AvgIpc) is 2.14. The van der Waals surface area contributed by atoms with E-state index in [0.717, 1.165) is 6.92 Å². The third kappa shape index (κ3) is 2.13. The first-order valence-corrected chi connectivity index (χ1v) is 7.50. The lowest BCUT2D eigenvalue weighted by atomic mass is 10.2. The van der Waals surface area contributed by atoms with Crippen molar-refractivity contribution in [3.8, 4) is 0 Å². The molecule has 0 spiro atoms. The maximum Gasteiger partial charge on any atom is 0.347 e. The normalized spacial score (nSPS) is 13.8. The van der Waals surface area contributed by atoms with Gasteiger partial charge in [0.2, 0.25) is 0 Å². The van der Waals surface area contributed by atoms with Crippen LogP contribution in [0.1, 0.15) is 12.5 Å². The number of hydrogen-bond acceptors (Lipinski definition) is 2. The smallest absolute Gasteiger partial charge is 0.323 e. The molecule has 0 saturated carbocycles. The second-order valence-corrected chi connectivity index (χ2v) is 7.79. The van der Waals surface area contributed by atoms with Crippen molar-refractivity contribution in [3.05, 3.63) is 35.9 Å². The van der Waals surface area contributed by atoms with Crippen molar-refractivity contribution in [1.82, 2.24) is 0 Å². The Kier molecular flexibility index (Phi) is 3.46. The molecule has 0 aliphatic heterocycles. The predicted octanol–water partition coefficient (Wildman–Crippen LogP) is 1.21. The van der Waals surface area contributed by atoms with Crippen LogP contribution in [0, 0.1) is 0 Å². The molecule has 0 fully saturated rings. The van der Waals surface area contributed by atoms with Crippen LogP contribution < -0.4 is 0 Å². The van der Waals surface area contributed by atoms with Crippen LogP contribution in [-0.4, -0.2) is 19.6 Å². The van der Waals surface area contributed by atoms with E-state index in [2.05, 4.69) is 0 Å². The summed E-state index contributed by atoms with van der Waals surface area (Å²) < 4.78 is 22.6. The van der Waals surface area contributed by atoms with E-state index < -0.39 is 20.1 Å². The lowest BCUT2D eigenvalue weighted by Crippen LogP contribution is -2.22. The Bertz CT molecular complexity index is 437. The summed E-state index contributed by atoms with van der Waals surface area (Å²) in [6.45, 7) is 0.865. The first-order chi connectivity index (χ1) is 7.11. The second-order valence-electron chi connectivity index (χ2n) is 3.47. The minimum absolute atomic E-state index is 0.0864. The van der Waals surface area contributed by atoms with E-state index in [0.29, 0.717) is 0 Å². The van der Waals surface area contributed by atoms with Gasteiger partial charge in [-0.2, -0.15) is 0 Å². The second kappa shape index (κ2) is 4.08. The molecule has 1 aromatic carbocycles. The van der Waals surface area contributed by atoms with E-state index in [4.69, 9.17) is 19.6 Å². The third-order valence-corrected chi connectivity index (χ3v) is 6.80. The minimum atomic E-state index is -4.99. The molecule has 8 heteroatoms. The van der Waals surface area contributed by atoms with Gasteiger partial charge in [0.25, 0.3) is 0 Å². The summed E-state index contributed by atoms with van der Waals surface area (Å²) in [6, 6.07) is 7.05. The average molecular weight is 266 g/mol. The fourth-order valence-corrected chi connectivity index (χ4v) is 3.59. The summed E-state index contributed by atoms with van der Waals surface area (Å²) in [5, 5.41) is 0. The zero-order valence-corrected chi connectivity index (χ0v) is 10.2. The van der Waals surface area contributed by atoms with Gasteiger partial charge in [0, 0.05) is 0 Å². The topological polar surface area (TPSA) is 115 Å². The number of hydrogen-bond donors (Lipinski definition) is 4. The lowest BCUT2D eigenvalue weighted by Gasteiger charge is -2.31. The summed E-state index contributed by atoms with van der Waals surface area (Å²) >= 11 is 0. The van der Waals surface area contributed by atoms with E-state index in [-0.39, 0.29) is 5.56 Å². The molecule has 0 atom stereocenters.